The minimum atomic E-state index is -1.36. The largest absolute Gasteiger partial charge is 0.387 e. The van der Waals surface area contributed by atoms with Gasteiger partial charge in [-0.2, -0.15) is 0 Å². The van der Waals surface area contributed by atoms with Gasteiger partial charge in [0.25, 0.3) is 0 Å². The number of ether oxygens (including phenoxy) is 4. The smallest absolute Gasteiger partial charge is 0.184 e. The first-order valence-corrected chi connectivity index (χ1v) is 15.3. The maximum absolute atomic E-state index is 11.8. The Bertz CT molecular complexity index is 1470. The summed E-state index contributed by atoms with van der Waals surface area (Å²) in [6, 6.07) is 49.4. The molecule has 0 radical (unpaired) electrons. The van der Waals surface area contributed by atoms with Gasteiger partial charge in [-0.15, -0.1) is 0 Å². The lowest BCUT2D eigenvalue weighted by atomic mass is 9.80. The van der Waals surface area contributed by atoms with Crippen molar-refractivity contribution in [3.05, 3.63) is 179 Å². The van der Waals surface area contributed by atoms with E-state index in [9.17, 15) is 10.2 Å². The van der Waals surface area contributed by atoms with Crippen LogP contribution in [-0.2, 0) is 37.8 Å². The summed E-state index contributed by atoms with van der Waals surface area (Å²) < 4.78 is 25.4. The molecule has 0 aromatic heterocycles. The van der Waals surface area contributed by atoms with E-state index >= 15 is 0 Å². The fraction of sp³-hybridized carbons (Fsp3) is 0.231. The standard InChI is InChI=1S/C39H38O6/c40-35-34(28-44-39(31-20-10-3-11-21-31,32-22-12-4-13-23-32)33-24-14-5-15-25-33)45-38(41)37(43-27-30-18-8-2-9-19-30)36(35)42-26-29-16-6-1-7-17-29/h1-25,34-38,40-41H,26-28H2/t34-,35+,36+,37-,38-/m1/s1. The zero-order valence-electron chi connectivity index (χ0n) is 25.0. The quantitative estimate of drug-likeness (QED) is 0.165. The molecule has 5 aromatic carbocycles. The average Bonchev–Trinajstić information content (AvgIpc) is 3.11. The molecule has 6 heteroatoms. The van der Waals surface area contributed by atoms with Crippen molar-refractivity contribution in [1.29, 1.82) is 0 Å². The number of benzene rings is 5. The Morgan fingerprint density at radius 2 is 0.889 bits per heavy atom. The van der Waals surface area contributed by atoms with Crippen molar-refractivity contribution < 1.29 is 29.2 Å². The van der Waals surface area contributed by atoms with E-state index in [1.807, 2.05) is 152 Å². The zero-order valence-corrected chi connectivity index (χ0v) is 25.0. The number of aliphatic hydroxyl groups is 2. The first-order valence-electron chi connectivity index (χ1n) is 15.3. The molecule has 0 aliphatic carbocycles. The van der Waals surface area contributed by atoms with Crippen LogP contribution in [0.25, 0.3) is 0 Å². The van der Waals surface area contributed by atoms with Crippen LogP contribution in [0.5, 0.6) is 0 Å². The second-order valence-electron chi connectivity index (χ2n) is 11.2. The van der Waals surface area contributed by atoms with Gasteiger partial charge in [0.05, 0.1) is 19.8 Å². The molecule has 5 atom stereocenters. The van der Waals surface area contributed by atoms with Crippen molar-refractivity contribution in [3.63, 3.8) is 0 Å². The molecule has 0 saturated carbocycles. The first kappa shape index (κ1) is 30.9. The molecule has 2 N–H and O–H groups in total. The zero-order chi connectivity index (χ0) is 30.9. The Kier molecular flexibility index (Phi) is 10.1. The molecule has 0 spiro atoms. The molecule has 0 unspecified atom stereocenters. The van der Waals surface area contributed by atoms with Gasteiger partial charge in [-0.05, 0) is 27.8 Å². The molecule has 5 aromatic rings. The van der Waals surface area contributed by atoms with Crippen molar-refractivity contribution >= 4 is 0 Å². The van der Waals surface area contributed by atoms with E-state index < -0.39 is 36.3 Å². The molecule has 1 aliphatic rings. The highest BCUT2D eigenvalue weighted by Crippen LogP contribution is 2.41. The van der Waals surface area contributed by atoms with Crippen LogP contribution in [-0.4, -0.2) is 47.5 Å². The second-order valence-corrected chi connectivity index (χ2v) is 11.2. The highest BCUT2D eigenvalue weighted by atomic mass is 16.7. The lowest BCUT2D eigenvalue weighted by Crippen LogP contribution is -2.60. The van der Waals surface area contributed by atoms with Gasteiger partial charge < -0.3 is 29.2 Å². The molecule has 0 bridgehead atoms. The summed E-state index contributed by atoms with van der Waals surface area (Å²) in [5.41, 5.74) is 3.64. The van der Waals surface area contributed by atoms with Crippen LogP contribution in [0.4, 0.5) is 0 Å². The van der Waals surface area contributed by atoms with E-state index in [0.717, 1.165) is 27.8 Å². The molecule has 1 aliphatic heterocycles. The van der Waals surface area contributed by atoms with E-state index in [4.69, 9.17) is 18.9 Å². The Hall–Kier alpha value is -4.14. The minimum Gasteiger partial charge on any atom is -0.387 e. The number of hydrogen-bond donors (Lipinski definition) is 2. The van der Waals surface area contributed by atoms with Crippen molar-refractivity contribution in [3.8, 4) is 0 Å². The molecular weight excluding hydrogens is 564 g/mol. The summed E-state index contributed by atoms with van der Waals surface area (Å²) in [4.78, 5) is 0. The van der Waals surface area contributed by atoms with Gasteiger partial charge in [0, 0.05) is 0 Å². The summed E-state index contributed by atoms with van der Waals surface area (Å²) >= 11 is 0. The van der Waals surface area contributed by atoms with Crippen molar-refractivity contribution in [2.24, 2.45) is 0 Å². The lowest BCUT2D eigenvalue weighted by Gasteiger charge is -2.44. The lowest BCUT2D eigenvalue weighted by molar-refractivity contribution is -0.311. The highest BCUT2D eigenvalue weighted by molar-refractivity contribution is 5.47. The Morgan fingerprint density at radius 1 is 0.511 bits per heavy atom. The number of hydrogen-bond acceptors (Lipinski definition) is 6. The molecule has 230 valence electrons. The van der Waals surface area contributed by atoms with Crippen molar-refractivity contribution in [2.45, 2.75) is 49.5 Å². The average molecular weight is 603 g/mol. The Balaban J connectivity index is 1.30. The van der Waals surface area contributed by atoms with E-state index in [1.54, 1.807) is 0 Å². The third-order valence-electron chi connectivity index (χ3n) is 8.21. The summed E-state index contributed by atoms with van der Waals surface area (Å²) in [6.45, 7) is 0.424. The first-order chi connectivity index (χ1) is 22.1. The SMILES string of the molecule is O[C@@H]1[C@H](OCc2ccccc2)[C@@H](OCc2ccccc2)[C@H](O)O[C@@H]1COC(c1ccccc1)(c1ccccc1)c1ccccc1. The fourth-order valence-electron chi connectivity index (χ4n) is 5.92. The molecule has 45 heavy (non-hydrogen) atoms. The monoisotopic (exact) mass is 602 g/mol. The van der Waals surface area contributed by atoms with Gasteiger partial charge >= 0.3 is 0 Å². The summed E-state index contributed by atoms with van der Waals surface area (Å²) in [5.74, 6) is 0. The maximum atomic E-state index is 11.8. The van der Waals surface area contributed by atoms with Crippen LogP contribution in [0.3, 0.4) is 0 Å². The van der Waals surface area contributed by atoms with Crippen LogP contribution in [0.2, 0.25) is 0 Å². The van der Waals surface area contributed by atoms with Crippen LogP contribution in [0.1, 0.15) is 27.8 Å². The van der Waals surface area contributed by atoms with E-state index in [-0.39, 0.29) is 19.8 Å². The van der Waals surface area contributed by atoms with Gasteiger partial charge in [-0.1, -0.05) is 152 Å². The van der Waals surface area contributed by atoms with Crippen LogP contribution >= 0.6 is 0 Å². The summed E-state index contributed by atoms with van der Waals surface area (Å²) in [5, 5.41) is 23.1. The predicted octanol–water partition coefficient (Wildman–Crippen LogP) is 6.24. The Morgan fingerprint density at radius 3 is 1.31 bits per heavy atom. The topological polar surface area (TPSA) is 77.4 Å². The van der Waals surface area contributed by atoms with Gasteiger partial charge in [0.2, 0.25) is 0 Å². The predicted molar refractivity (Wildman–Crippen MR) is 172 cm³/mol. The molecule has 1 saturated heterocycles. The van der Waals surface area contributed by atoms with Gasteiger partial charge in [0.1, 0.15) is 30.0 Å². The number of aliphatic hydroxyl groups excluding tert-OH is 2. The number of rotatable bonds is 12. The Labute approximate surface area is 264 Å². The van der Waals surface area contributed by atoms with Gasteiger partial charge in [0.15, 0.2) is 6.29 Å². The second kappa shape index (κ2) is 14.8. The van der Waals surface area contributed by atoms with Gasteiger partial charge in [-0.3, -0.25) is 0 Å². The maximum Gasteiger partial charge on any atom is 0.184 e. The third kappa shape index (κ3) is 7.08. The molecule has 1 heterocycles. The van der Waals surface area contributed by atoms with Gasteiger partial charge in [-0.25, -0.2) is 0 Å². The van der Waals surface area contributed by atoms with E-state index in [1.165, 1.54) is 0 Å². The van der Waals surface area contributed by atoms with E-state index in [2.05, 4.69) is 0 Å². The van der Waals surface area contributed by atoms with Crippen molar-refractivity contribution in [2.75, 3.05) is 6.61 Å². The summed E-state index contributed by atoms with van der Waals surface area (Å²) in [6.07, 6.45) is -5.23. The molecular formula is C39H38O6. The van der Waals surface area contributed by atoms with Crippen molar-refractivity contribution in [1.82, 2.24) is 0 Å². The minimum absolute atomic E-state index is 0.0342. The molecule has 6 nitrogen and oxygen atoms in total. The van der Waals surface area contributed by atoms with Crippen LogP contribution in [0.15, 0.2) is 152 Å². The summed E-state index contributed by atoms with van der Waals surface area (Å²) in [7, 11) is 0. The normalized spacial score (nSPS) is 21.8. The molecule has 1 fully saturated rings. The van der Waals surface area contributed by atoms with Crippen LogP contribution < -0.4 is 0 Å². The molecule has 6 rings (SSSR count). The third-order valence-corrected chi connectivity index (χ3v) is 8.21. The molecule has 0 amide bonds. The highest BCUT2D eigenvalue weighted by Gasteiger charge is 2.48. The van der Waals surface area contributed by atoms with Crippen LogP contribution in [0, 0.1) is 0 Å². The fourth-order valence-corrected chi connectivity index (χ4v) is 5.92. The van der Waals surface area contributed by atoms with E-state index in [0.29, 0.717) is 0 Å².